The highest BCUT2D eigenvalue weighted by atomic mass is 35.5. The average Bonchev–Trinajstić information content (AvgIpc) is 2.61. The molecule has 0 saturated heterocycles. The molecular weight excluding hydrogens is 355 g/mol. The Morgan fingerprint density at radius 1 is 0.750 bits per heavy atom. The van der Waals surface area contributed by atoms with Crippen molar-refractivity contribution in [2.45, 2.75) is 0 Å². The molecule has 0 atom stereocenters. The van der Waals surface area contributed by atoms with E-state index in [4.69, 9.17) is 37.4 Å². The molecule has 0 spiro atoms. The number of halogens is 2. The minimum absolute atomic E-state index is 0.354. The van der Waals surface area contributed by atoms with Crippen molar-refractivity contribution in [1.82, 2.24) is 0 Å². The molecule has 0 amide bonds. The molecule has 0 N–H and O–H groups in total. The molecule has 0 heterocycles. The summed E-state index contributed by atoms with van der Waals surface area (Å²) in [6.45, 7) is 0. The summed E-state index contributed by atoms with van der Waals surface area (Å²) in [4.78, 5) is 20.8. The molecule has 0 fully saturated rings. The van der Waals surface area contributed by atoms with E-state index in [1.165, 1.54) is 20.3 Å². The van der Waals surface area contributed by atoms with Crippen LogP contribution in [-0.2, 0) is 0 Å². The van der Waals surface area contributed by atoms with Gasteiger partial charge < -0.3 is 14.2 Å². The standard InChI is InChI=1S/C9H9ClO3.C8H7ClO2/c1-12-8-3-6(5-11)7(10)4-9(8)13-2;1-11-7-3-2-6(5-10)8(9)4-7/h3-5H,1-2H3;2-5H,1H3. The summed E-state index contributed by atoms with van der Waals surface area (Å²) in [6.07, 6.45) is 1.38. The van der Waals surface area contributed by atoms with Crippen LogP contribution in [0.4, 0.5) is 0 Å². The first kappa shape index (κ1) is 19.8. The Bertz CT molecular complexity index is 716. The highest BCUT2D eigenvalue weighted by Gasteiger charge is 2.08. The predicted octanol–water partition coefficient (Wildman–Crippen LogP) is 4.33. The topological polar surface area (TPSA) is 61.8 Å². The van der Waals surface area contributed by atoms with Gasteiger partial charge in [-0.3, -0.25) is 9.59 Å². The van der Waals surface area contributed by atoms with E-state index in [2.05, 4.69) is 0 Å². The number of benzene rings is 2. The number of carbonyl (C=O) groups excluding carboxylic acids is 2. The molecule has 0 aromatic heterocycles. The van der Waals surface area contributed by atoms with Gasteiger partial charge in [-0.15, -0.1) is 0 Å². The molecule has 5 nitrogen and oxygen atoms in total. The second kappa shape index (κ2) is 9.80. The van der Waals surface area contributed by atoms with E-state index in [1.807, 2.05) is 0 Å². The number of hydrogen-bond donors (Lipinski definition) is 0. The minimum Gasteiger partial charge on any atom is -0.497 e. The van der Waals surface area contributed by atoms with Gasteiger partial charge in [-0.2, -0.15) is 0 Å². The zero-order valence-corrected chi connectivity index (χ0v) is 14.9. The first-order valence-electron chi connectivity index (χ1n) is 6.66. The number of ether oxygens (including phenoxy) is 3. The molecular formula is C17H16Cl2O5. The zero-order chi connectivity index (χ0) is 18.1. The van der Waals surface area contributed by atoms with Crippen LogP contribution >= 0.6 is 23.2 Å². The van der Waals surface area contributed by atoms with Crippen molar-refractivity contribution in [2.75, 3.05) is 21.3 Å². The number of rotatable bonds is 5. The van der Waals surface area contributed by atoms with Crippen LogP contribution in [0, 0.1) is 0 Å². The van der Waals surface area contributed by atoms with Crippen molar-refractivity contribution in [2.24, 2.45) is 0 Å². The summed E-state index contributed by atoms with van der Waals surface area (Å²) in [5, 5.41) is 0.770. The summed E-state index contributed by atoms with van der Waals surface area (Å²) in [5.74, 6) is 1.66. The largest absolute Gasteiger partial charge is 0.497 e. The molecule has 0 bridgehead atoms. The molecule has 2 rings (SSSR count). The van der Waals surface area contributed by atoms with Crippen LogP contribution in [0.5, 0.6) is 17.2 Å². The Kier molecular flexibility index (Phi) is 8.09. The van der Waals surface area contributed by atoms with Gasteiger partial charge in [-0.1, -0.05) is 23.2 Å². The van der Waals surface area contributed by atoms with E-state index in [9.17, 15) is 9.59 Å². The Labute approximate surface area is 150 Å². The van der Waals surface area contributed by atoms with Gasteiger partial charge >= 0.3 is 0 Å². The second-order valence-electron chi connectivity index (χ2n) is 4.35. The molecule has 0 aliphatic rings. The van der Waals surface area contributed by atoms with Gasteiger partial charge in [0.1, 0.15) is 5.75 Å². The van der Waals surface area contributed by atoms with Crippen molar-refractivity contribution in [3.8, 4) is 17.2 Å². The maximum Gasteiger partial charge on any atom is 0.162 e. The van der Waals surface area contributed by atoms with E-state index in [0.717, 1.165) is 0 Å². The summed E-state index contributed by atoms with van der Waals surface area (Å²) < 4.78 is 14.9. The number of methoxy groups -OCH3 is 3. The summed E-state index contributed by atoms with van der Waals surface area (Å²) in [7, 11) is 4.56. The second-order valence-corrected chi connectivity index (χ2v) is 5.17. The lowest BCUT2D eigenvalue weighted by Gasteiger charge is -2.08. The molecule has 0 aliphatic heterocycles. The Morgan fingerprint density at radius 2 is 1.29 bits per heavy atom. The highest BCUT2D eigenvalue weighted by molar-refractivity contribution is 6.33. The number of aldehydes is 2. The molecule has 24 heavy (non-hydrogen) atoms. The van der Waals surface area contributed by atoms with Gasteiger partial charge in [0.05, 0.1) is 31.4 Å². The lowest BCUT2D eigenvalue weighted by molar-refractivity contribution is 0.111. The fraction of sp³-hybridized carbons (Fsp3) is 0.176. The Balaban J connectivity index is 0.000000243. The highest BCUT2D eigenvalue weighted by Crippen LogP contribution is 2.32. The van der Waals surface area contributed by atoms with E-state index in [0.29, 0.717) is 51.0 Å². The Morgan fingerprint density at radius 3 is 1.75 bits per heavy atom. The molecule has 2 aromatic carbocycles. The van der Waals surface area contributed by atoms with Gasteiger partial charge in [-0.25, -0.2) is 0 Å². The smallest absolute Gasteiger partial charge is 0.162 e. The number of hydrogen-bond acceptors (Lipinski definition) is 5. The summed E-state index contributed by atoms with van der Waals surface area (Å²) >= 11 is 11.5. The third-order valence-electron chi connectivity index (χ3n) is 2.96. The third kappa shape index (κ3) is 5.15. The molecule has 7 heteroatoms. The fourth-order valence-electron chi connectivity index (χ4n) is 1.69. The van der Waals surface area contributed by atoms with Crippen LogP contribution in [0.2, 0.25) is 10.0 Å². The average molecular weight is 371 g/mol. The fourth-order valence-corrected chi connectivity index (χ4v) is 2.10. The van der Waals surface area contributed by atoms with E-state index < -0.39 is 0 Å². The normalized spacial score (nSPS) is 9.38. The van der Waals surface area contributed by atoms with Gasteiger partial charge in [0, 0.05) is 17.2 Å². The van der Waals surface area contributed by atoms with Crippen LogP contribution in [0.25, 0.3) is 0 Å². The van der Waals surface area contributed by atoms with E-state index >= 15 is 0 Å². The molecule has 2 aromatic rings. The zero-order valence-electron chi connectivity index (χ0n) is 13.3. The van der Waals surface area contributed by atoms with Crippen LogP contribution in [0.1, 0.15) is 20.7 Å². The molecule has 0 radical (unpaired) electrons. The third-order valence-corrected chi connectivity index (χ3v) is 3.62. The first-order chi connectivity index (χ1) is 11.5. The first-order valence-corrected chi connectivity index (χ1v) is 7.41. The van der Waals surface area contributed by atoms with Gasteiger partial charge in [0.15, 0.2) is 24.1 Å². The van der Waals surface area contributed by atoms with Crippen LogP contribution in [-0.4, -0.2) is 33.9 Å². The maximum atomic E-state index is 10.5. The maximum absolute atomic E-state index is 10.5. The predicted molar refractivity (Wildman–Crippen MR) is 93.3 cm³/mol. The molecule has 0 aliphatic carbocycles. The summed E-state index contributed by atoms with van der Waals surface area (Å²) in [6, 6.07) is 7.99. The lowest BCUT2D eigenvalue weighted by atomic mass is 10.2. The van der Waals surface area contributed by atoms with Crippen LogP contribution in [0.3, 0.4) is 0 Å². The number of carbonyl (C=O) groups is 2. The SMILES string of the molecule is COc1cc(Cl)c(C=O)cc1OC.COc1ccc(C=O)c(Cl)c1. The van der Waals surface area contributed by atoms with Crippen molar-refractivity contribution in [1.29, 1.82) is 0 Å². The van der Waals surface area contributed by atoms with Crippen molar-refractivity contribution >= 4 is 35.8 Å². The minimum atomic E-state index is 0.354. The quantitative estimate of drug-likeness (QED) is 0.732. The lowest BCUT2D eigenvalue weighted by Crippen LogP contribution is -1.92. The van der Waals surface area contributed by atoms with Crippen molar-refractivity contribution < 1.29 is 23.8 Å². The van der Waals surface area contributed by atoms with E-state index in [-0.39, 0.29) is 0 Å². The molecule has 128 valence electrons. The van der Waals surface area contributed by atoms with Crippen molar-refractivity contribution in [3.05, 3.63) is 51.5 Å². The van der Waals surface area contributed by atoms with E-state index in [1.54, 1.807) is 31.4 Å². The molecule has 0 saturated carbocycles. The van der Waals surface area contributed by atoms with Gasteiger partial charge in [0.2, 0.25) is 0 Å². The molecule has 0 unspecified atom stereocenters. The monoisotopic (exact) mass is 370 g/mol. The van der Waals surface area contributed by atoms with Crippen LogP contribution in [0.15, 0.2) is 30.3 Å². The Hall–Kier alpha value is -2.24. The van der Waals surface area contributed by atoms with Crippen molar-refractivity contribution in [3.63, 3.8) is 0 Å². The van der Waals surface area contributed by atoms with Gasteiger partial charge in [0.25, 0.3) is 0 Å². The van der Waals surface area contributed by atoms with Gasteiger partial charge in [-0.05, 0) is 24.3 Å². The van der Waals surface area contributed by atoms with Crippen LogP contribution < -0.4 is 14.2 Å². The summed E-state index contributed by atoms with van der Waals surface area (Å²) in [5.41, 5.74) is 0.867.